The Bertz CT molecular complexity index is 1040. The second-order valence-corrected chi connectivity index (χ2v) is 7.80. The van der Waals surface area contributed by atoms with Gasteiger partial charge >= 0.3 is 6.61 Å². The van der Waals surface area contributed by atoms with Crippen molar-refractivity contribution in [2.24, 2.45) is 0 Å². The standard InChI is InChI=1S/C19H21F2N5O2S/c1-2-12-10-16(27)26-19(23-12)29-18(24-26)22-13-4-3-9-25(11-13)14-5-7-15(8-6-14)28-17(20)21/h5-8,10,13,17H,2-4,9,11H2,1H3,(H,22,24). The fraction of sp³-hybridized carbons (Fsp3) is 0.421. The molecule has 154 valence electrons. The molecular weight excluding hydrogens is 400 g/mol. The number of nitrogens with one attached hydrogen (secondary N) is 1. The number of hydrogen-bond donors (Lipinski definition) is 1. The van der Waals surface area contributed by atoms with Crippen LogP contribution in [0.5, 0.6) is 5.75 Å². The molecule has 1 fully saturated rings. The summed E-state index contributed by atoms with van der Waals surface area (Å²) in [6.07, 6.45) is 2.66. The third-order valence-electron chi connectivity index (χ3n) is 4.84. The number of rotatable bonds is 6. The van der Waals surface area contributed by atoms with Crippen molar-refractivity contribution in [3.63, 3.8) is 0 Å². The van der Waals surface area contributed by atoms with Gasteiger partial charge in [0.05, 0.1) is 0 Å². The summed E-state index contributed by atoms with van der Waals surface area (Å²) < 4.78 is 30.3. The maximum absolute atomic E-state index is 12.3. The molecule has 3 heterocycles. The van der Waals surface area contributed by atoms with Crippen LogP contribution in [0.1, 0.15) is 25.5 Å². The SMILES string of the molecule is CCc1cc(=O)n2nc(NC3CCCN(c4ccc(OC(F)F)cc4)C3)sc2n1. The van der Waals surface area contributed by atoms with Crippen LogP contribution in [-0.2, 0) is 6.42 Å². The van der Waals surface area contributed by atoms with E-state index in [-0.39, 0.29) is 17.4 Å². The molecule has 2 aromatic heterocycles. The first-order chi connectivity index (χ1) is 14.0. The molecule has 4 rings (SSSR count). The van der Waals surface area contributed by atoms with Crippen LogP contribution in [0.4, 0.5) is 19.6 Å². The van der Waals surface area contributed by atoms with Crippen LogP contribution < -0.4 is 20.5 Å². The number of aromatic nitrogens is 3. The molecule has 0 amide bonds. The van der Waals surface area contributed by atoms with Crippen molar-refractivity contribution in [3.05, 3.63) is 46.4 Å². The van der Waals surface area contributed by atoms with E-state index in [0.717, 1.165) is 37.3 Å². The van der Waals surface area contributed by atoms with Crippen molar-refractivity contribution < 1.29 is 13.5 Å². The van der Waals surface area contributed by atoms with Gasteiger partial charge in [-0.2, -0.15) is 13.3 Å². The molecule has 1 N–H and O–H groups in total. The zero-order chi connectivity index (χ0) is 20.4. The quantitative estimate of drug-likeness (QED) is 0.658. The van der Waals surface area contributed by atoms with E-state index >= 15 is 0 Å². The summed E-state index contributed by atoms with van der Waals surface area (Å²) in [6, 6.07) is 8.34. The van der Waals surface area contributed by atoms with Crippen LogP contribution in [-0.4, -0.2) is 40.3 Å². The van der Waals surface area contributed by atoms with E-state index in [9.17, 15) is 13.6 Å². The fourth-order valence-corrected chi connectivity index (χ4v) is 4.34. The first kappa shape index (κ1) is 19.6. The Morgan fingerprint density at radius 3 is 2.86 bits per heavy atom. The van der Waals surface area contributed by atoms with Crippen LogP contribution in [0.25, 0.3) is 4.96 Å². The number of halogens is 2. The van der Waals surface area contributed by atoms with E-state index in [0.29, 0.717) is 16.5 Å². The summed E-state index contributed by atoms with van der Waals surface area (Å²) in [5, 5.41) is 8.44. The minimum Gasteiger partial charge on any atom is -0.435 e. The lowest BCUT2D eigenvalue weighted by Gasteiger charge is -2.34. The molecule has 0 spiro atoms. The lowest BCUT2D eigenvalue weighted by atomic mass is 10.1. The molecule has 0 radical (unpaired) electrons. The molecule has 0 saturated carbocycles. The van der Waals surface area contributed by atoms with Gasteiger partial charge in [-0.15, -0.1) is 5.10 Å². The van der Waals surface area contributed by atoms with Crippen LogP contribution in [0.2, 0.25) is 0 Å². The molecule has 0 aliphatic carbocycles. The Morgan fingerprint density at radius 1 is 1.34 bits per heavy atom. The van der Waals surface area contributed by atoms with E-state index in [1.165, 1.54) is 21.9 Å². The van der Waals surface area contributed by atoms with Crippen molar-refractivity contribution >= 4 is 27.1 Å². The molecule has 3 aromatic rings. The molecule has 10 heteroatoms. The summed E-state index contributed by atoms with van der Waals surface area (Å²) >= 11 is 1.36. The molecule has 1 atom stereocenters. The minimum absolute atomic E-state index is 0.148. The molecular formula is C19H21F2N5O2S. The lowest BCUT2D eigenvalue weighted by Crippen LogP contribution is -2.42. The number of fused-ring (bicyclic) bond motifs is 1. The van der Waals surface area contributed by atoms with Gasteiger partial charge in [-0.25, -0.2) is 4.98 Å². The molecule has 1 saturated heterocycles. The van der Waals surface area contributed by atoms with Crippen LogP contribution in [0, 0.1) is 0 Å². The van der Waals surface area contributed by atoms with Gasteiger partial charge < -0.3 is 15.0 Å². The summed E-state index contributed by atoms with van der Waals surface area (Å²) in [4.78, 5) is 19.4. The van der Waals surface area contributed by atoms with Crippen LogP contribution in [0.15, 0.2) is 35.1 Å². The zero-order valence-electron chi connectivity index (χ0n) is 15.8. The Morgan fingerprint density at radius 2 is 2.14 bits per heavy atom. The number of benzene rings is 1. The molecule has 29 heavy (non-hydrogen) atoms. The Balaban J connectivity index is 1.45. The Kier molecular flexibility index (Phi) is 5.61. The van der Waals surface area contributed by atoms with Gasteiger partial charge in [0.1, 0.15) is 5.75 Å². The number of piperidine rings is 1. The van der Waals surface area contributed by atoms with E-state index < -0.39 is 6.61 Å². The highest BCUT2D eigenvalue weighted by molar-refractivity contribution is 7.20. The van der Waals surface area contributed by atoms with Gasteiger partial charge in [0, 0.05) is 36.6 Å². The van der Waals surface area contributed by atoms with Crippen molar-refractivity contribution in [3.8, 4) is 5.75 Å². The minimum atomic E-state index is -2.83. The average Bonchev–Trinajstić information content (AvgIpc) is 3.11. The van der Waals surface area contributed by atoms with Gasteiger partial charge in [0.2, 0.25) is 10.1 Å². The molecule has 1 aromatic carbocycles. The van der Waals surface area contributed by atoms with Crippen molar-refractivity contribution in [2.75, 3.05) is 23.3 Å². The molecule has 1 unspecified atom stereocenters. The largest absolute Gasteiger partial charge is 0.435 e. The van der Waals surface area contributed by atoms with Gasteiger partial charge in [-0.1, -0.05) is 18.3 Å². The third kappa shape index (κ3) is 4.47. The molecule has 1 aliphatic heterocycles. The van der Waals surface area contributed by atoms with E-state index in [1.54, 1.807) is 24.3 Å². The topological polar surface area (TPSA) is 71.8 Å². The number of anilines is 2. The second-order valence-electron chi connectivity index (χ2n) is 6.84. The van der Waals surface area contributed by atoms with Crippen molar-refractivity contribution in [1.82, 2.24) is 14.6 Å². The summed E-state index contributed by atoms with van der Waals surface area (Å²) in [5.74, 6) is 0.148. The molecule has 7 nitrogen and oxygen atoms in total. The highest BCUT2D eigenvalue weighted by Crippen LogP contribution is 2.26. The Hall–Kier alpha value is -2.75. The van der Waals surface area contributed by atoms with Gasteiger partial charge in [0.25, 0.3) is 5.56 Å². The van der Waals surface area contributed by atoms with Crippen molar-refractivity contribution in [2.45, 2.75) is 38.8 Å². The number of aryl methyl sites for hydroxylation is 1. The predicted octanol–water partition coefficient (Wildman–Crippen LogP) is 3.40. The first-order valence-electron chi connectivity index (χ1n) is 9.48. The second kappa shape index (κ2) is 8.32. The lowest BCUT2D eigenvalue weighted by molar-refractivity contribution is -0.0498. The van der Waals surface area contributed by atoms with Crippen molar-refractivity contribution in [1.29, 1.82) is 0 Å². The average molecular weight is 421 g/mol. The summed E-state index contributed by atoms with van der Waals surface area (Å²) in [5.41, 5.74) is 1.54. The molecule has 1 aliphatic rings. The van der Waals surface area contributed by atoms with Gasteiger partial charge in [-0.05, 0) is 43.5 Å². The number of nitrogens with zero attached hydrogens (tertiary/aromatic N) is 4. The number of hydrogen-bond acceptors (Lipinski definition) is 7. The maximum atomic E-state index is 12.3. The molecule has 0 bridgehead atoms. The number of alkyl halides is 2. The van der Waals surface area contributed by atoms with Gasteiger partial charge in [0.15, 0.2) is 0 Å². The van der Waals surface area contributed by atoms with E-state index in [2.05, 4.69) is 25.0 Å². The Labute approximate surface area is 169 Å². The summed E-state index contributed by atoms with van der Waals surface area (Å²) in [7, 11) is 0. The van der Waals surface area contributed by atoms with Crippen LogP contribution in [0.3, 0.4) is 0 Å². The summed E-state index contributed by atoms with van der Waals surface area (Å²) in [6.45, 7) is 0.761. The van der Waals surface area contributed by atoms with E-state index in [4.69, 9.17) is 0 Å². The van der Waals surface area contributed by atoms with E-state index in [1.807, 2.05) is 6.92 Å². The monoisotopic (exact) mass is 421 g/mol. The first-order valence-corrected chi connectivity index (χ1v) is 10.3. The van der Waals surface area contributed by atoms with Crippen LogP contribution >= 0.6 is 11.3 Å². The normalized spacial score (nSPS) is 17.1. The smallest absolute Gasteiger partial charge is 0.387 e. The predicted molar refractivity (Wildman–Crippen MR) is 108 cm³/mol. The maximum Gasteiger partial charge on any atom is 0.387 e. The zero-order valence-corrected chi connectivity index (χ0v) is 16.7. The number of ether oxygens (including phenoxy) is 1. The highest BCUT2D eigenvalue weighted by atomic mass is 32.1. The highest BCUT2D eigenvalue weighted by Gasteiger charge is 2.22. The fourth-order valence-electron chi connectivity index (χ4n) is 3.44. The third-order valence-corrected chi connectivity index (χ3v) is 5.68. The van der Waals surface area contributed by atoms with Gasteiger partial charge in [-0.3, -0.25) is 4.79 Å².